The molecule has 1 heterocycles. The van der Waals surface area contributed by atoms with Gasteiger partial charge in [0, 0.05) is 33.0 Å². The van der Waals surface area contributed by atoms with Crippen LogP contribution in [0.5, 0.6) is 0 Å². The second-order valence-electron chi connectivity index (χ2n) is 6.84. The lowest BCUT2D eigenvalue weighted by molar-refractivity contribution is -0.119. The minimum atomic E-state index is -0.0781. The number of hydrogen-bond donors (Lipinski definition) is 2. The highest BCUT2D eigenvalue weighted by atomic mass is 16.2. The summed E-state index contributed by atoms with van der Waals surface area (Å²) < 4.78 is 0. The largest absolute Gasteiger partial charge is 0.356 e. The molecule has 0 atom stereocenters. The number of carbonyl (C=O) groups excluding carboxylic acids is 3. The number of nitrogens with one attached hydrogen (secondary N) is 2. The monoisotopic (exact) mass is 359 g/mol. The van der Waals surface area contributed by atoms with Crippen molar-refractivity contribution in [1.82, 2.24) is 10.2 Å². The van der Waals surface area contributed by atoms with Crippen molar-refractivity contribution in [3.63, 3.8) is 0 Å². The molecule has 1 fully saturated rings. The molecule has 6 nitrogen and oxygen atoms in total. The van der Waals surface area contributed by atoms with Crippen molar-refractivity contribution in [2.75, 3.05) is 25.0 Å². The minimum Gasteiger partial charge on any atom is -0.356 e. The molecule has 1 saturated heterocycles. The fourth-order valence-electron chi connectivity index (χ4n) is 3.20. The summed E-state index contributed by atoms with van der Waals surface area (Å²) in [5.74, 6) is -0.103. The Morgan fingerprint density at radius 3 is 2.50 bits per heavy atom. The van der Waals surface area contributed by atoms with Gasteiger partial charge in [0.05, 0.1) is 11.3 Å². The lowest BCUT2D eigenvalue weighted by Crippen LogP contribution is -2.29. The molecule has 0 saturated carbocycles. The lowest BCUT2D eigenvalue weighted by atomic mass is 10.0. The van der Waals surface area contributed by atoms with E-state index >= 15 is 0 Å². The van der Waals surface area contributed by atoms with Gasteiger partial charge in [0.15, 0.2) is 0 Å². The number of amides is 3. The van der Waals surface area contributed by atoms with Crippen LogP contribution in [-0.2, 0) is 9.59 Å². The Balaban J connectivity index is 1.88. The molecule has 1 aromatic rings. The van der Waals surface area contributed by atoms with Crippen molar-refractivity contribution in [3.8, 4) is 0 Å². The number of carbonyl (C=O) groups is 3. The van der Waals surface area contributed by atoms with Crippen LogP contribution in [0.2, 0.25) is 0 Å². The van der Waals surface area contributed by atoms with E-state index < -0.39 is 0 Å². The van der Waals surface area contributed by atoms with Gasteiger partial charge in [-0.2, -0.15) is 0 Å². The number of likely N-dealkylation sites (tertiary alicyclic amines) is 1. The zero-order valence-corrected chi connectivity index (χ0v) is 15.8. The summed E-state index contributed by atoms with van der Waals surface area (Å²) in [6.07, 6.45) is 4.98. The van der Waals surface area contributed by atoms with Crippen LogP contribution >= 0.6 is 0 Å². The third kappa shape index (κ3) is 5.86. The Morgan fingerprint density at radius 1 is 1.08 bits per heavy atom. The van der Waals surface area contributed by atoms with Gasteiger partial charge in [-0.05, 0) is 44.2 Å². The van der Waals surface area contributed by atoms with Crippen molar-refractivity contribution >= 4 is 23.4 Å². The average molecular weight is 359 g/mol. The molecule has 0 radical (unpaired) electrons. The topological polar surface area (TPSA) is 78.5 Å². The van der Waals surface area contributed by atoms with Crippen LogP contribution in [0.15, 0.2) is 18.2 Å². The van der Waals surface area contributed by atoms with Gasteiger partial charge in [-0.1, -0.05) is 18.6 Å². The third-order valence-electron chi connectivity index (χ3n) is 4.61. The molecule has 2 N–H and O–H groups in total. The van der Waals surface area contributed by atoms with E-state index in [1.165, 1.54) is 6.92 Å². The van der Waals surface area contributed by atoms with E-state index in [-0.39, 0.29) is 17.7 Å². The van der Waals surface area contributed by atoms with Crippen LogP contribution < -0.4 is 10.6 Å². The van der Waals surface area contributed by atoms with Gasteiger partial charge in [-0.15, -0.1) is 0 Å². The van der Waals surface area contributed by atoms with Gasteiger partial charge in [-0.3, -0.25) is 14.4 Å². The predicted molar refractivity (Wildman–Crippen MR) is 102 cm³/mol. The van der Waals surface area contributed by atoms with E-state index in [2.05, 4.69) is 10.6 Å². The number of anilines is 1. The first kappa shape index (κ1) is 19.9. The molecule has 1 aliphatic heterocycles. The van der Waals surface area contributed by atoms with Gasteiger partial charge >= 0.3 is 0 Å². The Morgan fingerprint density at radius 2 is 1.81 bits per heavy atom. The van der Waals surface area contributed by atoms with Crippen molar-refractivity contribution in [1.29, 1.82) is 0 Å². The Kier molecular flexibility index (Phi) is 7.63. The first-order valence-electron chi connectivity index (χ1n) is 9.42. The number of unbranched alkanes of at least 4 members (excludes halogenated alkanes) is 2. The van der Waals surface area contributed by atoms with E-state index in [0.717, 1.165) is 50.8 Å². The van der Waals surface area contributed by atoms with Gasteiger partial charge < -0.3 is 15.5 Å². The fourth-order valence-corrected chi connectivity index (χ4v) is 3.20. The number of aryl methyl sites for hydroxylation is 1. The molecule has 1 aromatic carbocycles. The number of hydrogen-bond acceptors (Lipinski definition) is 3. The molecule has 2 rings (SSSR count). The summed E-state index contributed by atoms with van der Waals surface area (Å²) in [7, 11) is 0. The minimum absolute atomic E-state index is 0.00575. The molecule has 0 unspecified atom stereocenters. The normalized spacial score (nSPS) is 13.5. The zero-order chi connectivity index (χ0) is 18.9. The molecule has 3 amide bonds. The highest BCUT2D eigenvalue weighted by Gasteiger charge is 2.23. The average Bonchev–Trinajstić information content (AvgIpc) is 3.12. The summed E-state index contributed by atoms with van der Waals surface area (Å²) in [4.78, 5) is 37.7. The van der Waals surface area contributed by atoms with E-state index in [1.54, 1.807) is 6.07 Å². The fraction of sp³-hybridized carbons (Fsp3) is 0.550. The molecule has 26 heavy (non-hydrogen) atoms. The number of rotatable bonds is 8. The van der Waals surface area contributed by atoms with E-state index in [4.69, 9.17) is 0 Å². The molecule has 6 heteroatoms. The standard InChI is InChI=1S/C20H29N3O3/c1-15-9-8-10-17(19(15)20(26)23-13-6-7-14-23)22-18(25)11-4-3-5-12-21-16(2)24/h8-10H,3-7,11-14H2,1-2H3,(H,21,24)(H,22,25). The molecule has 0 aromatic heterocycles. The van der Waals surface area contributed by atoms with Crippen LogP contribution in [0.3, 0.4) is 0 Å². The molecule has 0 bridgehead atoms. The van der Waals surface area contributed by atoms with Gasteiger partial charge in [-0.25, -0.2) is 0 Å². The third-order valence-corrected chi connectivity index (χ3v) is 4.61. The van der Waals surface area contributed by atoms with Gasteiger partial charge in [0.25, 0.3) is 5.91 Å². The quantitative estimate of drug-likeness (QED) is 0.701. The van der Waals surface area contributed by atoms with Crippen LogP contribution in [0.1, 0.15) is 61.4 Å². The number of benzene rings is 1. The van der Waals surface area contributed by atoms with E-state index in [0.29, 0.717) is 24.2 Å². The van der Waals surface area contributed by atoms with Crippen molar-refractivity contribution in [2.45, 2.75) is 52.4 Å². The Bertz CT molecular complexity index is 652. The van der Waals surface area contributed by atoms with Crippen LogP contribution in [-0.4, -0.2) is 42.3 Å². The summed E-state index contributed by atoms with van der Waals surface area (Å²) in [6.45, 7) is 5.62. The van der Waals surface area contributed by atoms with E-state index in [9.17, 15) is 14.4 Å². The van der Waals surface area contributed by atoms with Crippen molar-refractivity contribution in [3.05, 3.63) is 29.3 Å². The molecule has 142 valence electrons. The number of nitrogens with zero attached hydrogens (tertiary/aromatic N) is 1. The predicted octanol–water partition coefficient (Wildman–Crippen LogP) is 2.87. The molecule has 0 spiro atoms. The second-order valence-corrected chi connectivity index (χ2v) is 6.84. The molecular formula is C20H29N3O3. The molecule has 0 aliphatic carbocycles. The molecular weight excluding hydrogens is 330 g/mol. The van der Waals surface area contributed by atoms with Gasteiger partial charge in [0.2, 0.25) is 11.8 Å². The first-order chi connectivity index (χ1) is 12.5. The highest BCUT2D eigenvalue weighted by Crippen LogP contribution is 2.24. The first-order valence-corrected chi connectivity index (χ1v) is 9.42. The maximum atomic E-state index is 12.8. The summed E-state index contributed by atoms with van der Waals surface area (Å²) >= 11 is 0. The maximum Gasteiger partial charge on any atom is 0.256 e. The summed E-state index contributed by atoms with van der Waals surface area (Å²) in [5, 5.41) is 5.65. The summed E-state index contributed by atoms with van der Waals surface area (Å²) in [6, 6.07) is 5.56. The SMILES string of the molecule is CC(=O)NCCCCCC(=O)Nc1cccc(C)c1C(=O)N1CCCC1. The highest BCUT2D eigenvalue weighted by molar-refractivity contribution is 6.04. The Hall–Kier alpha value is -2.37. The van der Waals surface area contributed by atoms with Crippen LogP contribution in [0, 0.1) is 6.92 Å². The maximum absolute atomic E-state index is 12.8. The van der Waals surface area contributed by atoms with E-state index in [1.807, 2.05) is 24.0 Å². The van der Waals surface area contributed by atoms with Crippen molar-refractivity contribution in [2.24, 2.45) is 0 Å². The van der Waals surface area contributed by atoms with Gasteiger partial charge in [0.1, 0.15) is 0 Å². The van der Waals surface area contributed by atoms with Crippen LogP contribution in [0.25, 0.3) is 0 Å². The summed E-state index contributed by atoms with van der Waals surface area (Å²) in [5.41, 5.74) is 2.09. The van der Waals surface area contributed by atoms with Crippen LogP contribution in [0.4, 0.5) is 5.69 Å². The lowest BCUT2D eigenvalue weighted by Gasteiger charge is -2.19. The Labute approximate surface area is 155 Å². The smallest absolute Gasteiger partial charge is 0.256 e. The second kappa shape index (κ2) is 9.94. The molecule has 1 aliphatic rings. The zero-order valence-electron chi connectivity index (χ0n) is 15.8. The van der Waals surface area contributed by atoms with Crippen molar-refractivity contribution < 1.29 is 14.4 Å².